The Morgan fingerprint density at radius 2 is 1.76 bits per heavy atom. The van der Waals surface area contributed by atoms with Gasteiger partial charge in [0.05, 0.1) is 5.56 Å². The first-order valence-electron chi connectivity index (χ1n) is 6.90. The molecule has 1 N–H and O–H groups in total. The van der Waals surface area contributed by atoms with Crippen molar-refractivity contribution >= 4 is 11.6 Å². The van der Waals surface area contributed by atoms with Gasteiger partial charge in [0.1, 0.15) is 5.15 Å². The molecule has 0 saturated carbocycles. The monoisotopic (exact) mass is 306 g/mol. The predicted octanol–water partition coefficient (Wildman–Crippen LogP) is 3.31. The summed E-state index contributed by atoms with van der Waals surface area (Å²) in [7, 11) is 0. The van der Waals surface area contributed by atoms with Crippen molar-refractivity contribution in [3.8, 4) is 11.1 Å². The summed E-state index contributed by atoms with van der Waals surface area (Å²) in [5, 5.41) is 0.0806. The van der Waals surface area contributed by atoms with Crippen molar-refractivity contribution in [3.63, 3.8) is 0 Å². The van der Waals surface area contributed by atoms with Gasteiger partial charge in [0, 0.05) is 5.54 Å². The second kappa shape index (κ2) is 5.53. The average Bonchev–Trinajstić information content (AvgIpc) is 2.40. The van der Waals surface area contributed by atoms with Crippen molar-refractivity contribution in [1.29, 1.82) is 0 Å². The Bertz CT molecular complexity index is 770. The van der Waals surface area contributed by atoms with Crippen molar-refractivity contribution in [2.24, 2.45) is 0 Å². The fraction of sp³-hybridized carbons (Fsp3) is 0.375. The molecule has 0 amide bonds. The van der Waals surface area contributed by atoms with Gasteiger partial charge >= 0.3 is 5.69 Å². The average molecular weight is 307 g/mol. The highest BCUT2D eigenvalue weighted by Gasteiger charge is 2.25. The molecule has 0 aliphatic carbocycles. The Kier molecular flexibility index (Phi) is 4.10. The lowest BCUT2D eigenvalue weighted by Crippen LogP contribution is -2.46. The molecule has 5 heteroatoms. The van der Waals surface area contributed by atoms with Crippen LogP contribution in [-0.2, 0) is 5.54 Å². The summed E-state index contributed by atoms with van der Waals surface area (Å²) in [6, 6.07) is 7.48. The summed E-state index contributed by atoms with van der Waals surface area (Å²) in [6.45, 7) is 7.62. The van der Waals surface area contributed by atoms with Crippen LogP contribution in [0.2, 0.25) is 5.15 Å². The van der Waals surface area contributed by atoms with E-state index in [2.05, 4.69) is 4.98 Å². The van der Waals surface area contributed by atoms with Gasteiger partial charge < -0.3 is 0 Å². The van der Waals surface area contributed by atoms with E-state index >= 15 is 0 Å². The SMILES string of the molecule is CCC(C)(C)n1c(=O)[nH]c(Cl)c(-c2ccc(C)cc2)c1=O. The number of halogens is 1. The van der Waals surface area contributed by atoms with Gasteiger partial charge in [-0.1, -0.05) is 48.4 Å². The first kappa shape index (κ1) is 15.6. The zero-order valence-corrected chi connectivity index (χ0v) is 13.4. The minimum Gasteiger partial charge on any atom is -0.297 e. The van der Waals surface area contributed by atoms with Gasteiger partial charge in [-0.15, -0.1) is 0 Å². The van der Waals surface area contributed by atoms with Crippen molar-refractivity contribution in [3.05, 3.63) is 55.8 Å². The molecule has 1 heterocycles. The molecule has 1 aromatic carbocycles. The van der Waals surface area contributed by atoms with E-state index in [0.29, 0.717) is 17.5 Å². The van der Waals surface area contributed by atoms with E-state index in [9.17, 15) is 9.59 Å². The molecule has 0 aliphatic heterocycles. The largest absolute Gasteiger partial charge is 0.330 e. The van der Waals surface area contributed by atoms with Crippen LogP contribution >= 0.6 is 11.6 Å². The van der Waals surface area contributed by atoms with E-state index in [0.717, 1.165) is 5.56 Å². The van der Waals surface area contributed by atoms with Crippen molar-refractivity contribution in [1.82, 2.24) is 9.55 Å². The maximum atomic E-state index is 12.8. The Hall–Kier alpha value is -1.81. The molecule has 0 unspecified atom stereocenters. The Morgan fingerprint density at radius 1 is 1.19 bits per heavy atom. The highest BCUT2D eigenvalue weighted by molar-refractivity contribution is 6.32. The zero-order valence-electron chi connectivity index (χ0n) is 12.7. The predicted molar refractivity (Wildman–Crippen MR) is 86.1 cm³/mol. The van der Waals surface area contributed by atoms with E-state index in [4.69, 9.17) is 11.6 Å². The van der Waals surface area contributed by atoms with Gasteiger partial charge in [0.25, 0.3) is 5.56 Å². The van der Waals surface area contributed by atoms with Crippen LogP contribution in [-0.4, -0.2) is 9.55 Å². The van der Waals surface area contributed by atoms with Gasteiger partial charge in [-0.2, -0.15) is 0 Å². The molecule has 1 aromatic heterocycles. The summed E-state index contributed by atoms with van der Waals surface area (Å²) in [5.74, 6) is 0. The molecule has 2 aromatic rings. The van der Waals surface area contributed by atoms with Gasteiger partial charge in [-0.3, -0.25) is 14.3 Å². The number of aryl methyl sites for hydroxylation is 1. The van der Waals surface area contributed by atoms with Crippen molar-refractivity contribution in [2.45, 2.75) is 39.7 Å². The molecule has 0 aliphatic rings. The fourth-order valence-corrected chi connectivity index (χ4v) is 2.46. The fourth-order valence-electron chi connectivity index (χ4n) is 2.19. The van der Waals surface area contributed by atoms with Crippen LogP contribution in [0.25, 0.3) is 11.1 Å². The summed E-state index contributed by atoms with van der Waals surface area (Å²) in [5.41, 5.74) is 0.709. The normalized spacial score (nSPS) is 11.7. The molecular weight excluding hydrogens is 288 g/mol. The Labute approximate surface area is 128 Å². The third-order valence-corrected chi connectivity index (χ3v) is 4.15. The van der Waals surface area contributed by atoms with Crippen molar-refractivity contribution in [2.75, 3.05) is 0 Å². The standard InChI is InChI=1S/C16H19ClN2O2/c1-5-16(3,4)19-14(20)12(13(17)18-15(19)21)11-8-6-10(2)7-9-11/h6-9H,5H2,1-4H3,(H,18,21). The minimum atomic E-state index is -0.575. The van der Waals surface area contributed by atoms with E-state index in [1.165, 1.54) is 4.57 Å². The Morgan fingerprint density at radius 3 is 2.29 bits per heavy atom. The molecule has 0 atom stereocenters. The second-order valence-corrected chi connectivity index (χ2v) is 6.17. The zero-order chi connectivity index (χ0) is 15.8. The maximum Gasteiger partial charge on any atom is 0.330 e. The lowest BCUT2D eigenvalue weighted by molar-refractivity contribution is 0.318. The summed E-state index contributed by atoms with van der Waals surface area (Å²) in [4.78, 5) is 27.5. The number of aromatic nitrogens is 2. The van der Waals surface area contributed by atoms with E-state index < -0.39 is 11.2 Å². The quantitative estimate of drug-likeness (QED) is 0.885. The molecule has 2 rings (SSSR count). The summed E-state index contributed by atoms with van der Waals surface area (Å²) < 4.78 is 1.24. The highest BCUT2D eigenvalue weighted by atomic mass is 35.5. The van der Waals surface area contributed by atoms with E-state index in [1.54, 1.807) is 0 Å². The molecule has 0 bridgehead atoms. The third kappa shape index (κ3) is 2.81. The molecule has 0 radical (unpaired) electrons. The molecule has 4 nitrogen and oxygen atoms in total. The van der Waals surface area contributed by atoms with Gasteiger partial charge in [0.15, 0.2) is 0 Å². The molecule has 0 fully saturated rings. The minimum absolute atomic E-state index is 0.0806. The number of aromatic amines is 1. The number of hydrogen-bond acceptors (Lipinski definition) is 2. The van der Waals surface area contributed by atoms with Crippen LogP contribution in [0.5, 0.6) is 0 Å². The smallest absolute Gasteiger partial charge is 0.297 e. The number of H-pyrrole nitrogens is 1. The summed E-state index contributed by atoms with van der Waals surface area (Å²) >= 11 is 6.11. The van der Waals surface area contributed by atoms with Crippen molar-refractivity contribution < 1.29 is 0 Å². The summed E-state index contributed by atoms with van der Waals surface area (Å²) in [6.07, 6.45) is 0.658. The van der Waals surface area contributed by atoms with Crippen LogP contribution in [0.4, 0.5) is 0 Å². The van der Waals surface area contributed by atoms with Crippen LogP contribution in [0.15, 0.2) is 33.9 Å². The number of benzene rings is 1. The molecule has 21 heavy (non-hydrogen) atoms. The lowest BCUT2D eigenvalue weighted by atomic mass is 10.0. The van der Waals surface area contributed by atoms with Crippen LogP contribution < -0.4 is 11.2 Å². The van der Waals surface area contributed by atoms with Crippen LogP contribution in [0, 0.1) is 6.92 Å². The molecule has 0 spiro atoms. The molecule has 112 valence electrons. The van der Waals surface area contributed by atoms with E-state index in [1.807, 2.05) is 52.0 Å². The topological polar surface area (TPSA) is 54.9 Å². The highest BCUT2D eigenvalue weighted by Crippen LogP contribution is 2.23. The third-order valence-electron chi connectivity index (χ3n) is 3.87. The number of rotatable bonds is 3. The lowest BCUT2D eigenvalue weighted by Gasteiger charge is -2.25. The molecular formula is C16H19ClN2O2. The number of nitrogens with one attached hydrogen (secondary N) is 1. The second-order valence-electron chi connectivity index (χ2n) is 5.79. The number of nitrogens with zero attached hydrogens (tertiary/aromatic N) is 1. The van der Waals surface area contributed by atoms with Gasteiger partial charge in [0.2, 0.25) is 0 Å². The Balaban J connectivity index is 2.80. The van der Waals surface area contributed by atoms with Gasteiger partial charge in [-0.25, -0.2) is 4.79 Å². The van der Waals surface area contributed by atoms with E-state index in [-0.39, 0.29) is 10.7 Å². The molecule has 0 saturated heterocycles. The number of hydrogen-bond donors (Lipinski definition) is 1. The van der Waals surface area contributed by atoms with Gasteiger partial charge in [-0.05, 0) is 32.8 Å². The van der Waals surface area contributed by atoms with Crippen LogP contribution in [0.1, 0.15) is 32.8 Å². The van der Waals surface area contributed by atoms with Crippen LogP contribution in [0.3, 0.4) is 0 Å². The maximum absolute atomic E-state index is 12.8. The first-order valence-corrected chi connectivity index (χ1v) is 7.28. The first-order chi connectivity index (χ1) is 9.77.